The van der Waals surface area contributed by atoms with Gasteiger partial charge in [0.1, 0.15) is 0 Å². The van der Waals surface area contributed by atoms with Crippen LogP contribution in [0.25, 0.3) is 0 Å². The third kappa shape index (κ3) is 3.19. The summed E-state index contributed by atoms with van der Waals surface area (Å²) in [6.07, 6.45) is 1.61. The fraction of sp³-hybridized carbons (Fsp3) is 0.889. The molecular formula is C9H18N2OS. The van der Waals surface area contributed by atoms with E-state index in [1.54, 1.807) is 0 Å². The molecule has 13 heavy (non-hydrogen) atoms. The van der Waals surface area contributed by atoms with Gasteiger partial charge in [-0.2, -0.15) is 11.8 Å². The first-order valence-corrected chi connectivity index (χ1v) is 5.98. The minimum Gasteiger partial charge on any atom is -0.339 e. The molecule has 0 aliphatic carbocycles. The summed E-state index contributed by atoms with van der Waals surface area (Å²) < 4.78 is 0. The number of nitrogens with zero attached hydrogens (tertiary/aromatic N) is 1. The molecule has 1 amide bonds. The largest absolute Gasteiger partial charge is 0.339 e. The molecule has 1 heterocycles. The number of amides is 1. The lowest BCUT2D eigenvalue weighted by Gasteiger charge is -2.26. The van der Waals surface area contributed by atoms with Crippen molar-refractivity contribution in [3.63, 3.8) is 0 Å². The van der Waals surface area contributed by atoms with Gasteiger partial charge in [0, 0.05) is 30.5 Å². The predicted molar refractivity (Wildman–Crippen MR) is 56.8 cm³/mol. The molecule has 0 aromatic carbocycles. The second kappa shape index (κ2) is 5.50. The summed E-state index contributed by atoms with van der Waals surface area (Å²) in [6.45, 7) is 3.62. The Bertz CT molecular complexity index is 175. The molecule has 2 N–H and O–H groups in total. The Morgan fingerprint density at radius 2 is 2.46 bits per heavy atom. The second-order valence-electron chi connectivity index (χ2n) is 3.40. The molecule has 76 valence electrons. The minimum absolute atomic E-state index is 0.297. The van der Waals surface area contributed by atoms with E-state index in [0.29, 0.717) is 24.9 Å². The van der Waals surface area contributed by atoms with Gasteiger partial charge in [0.15, 0.2) is 0 Å². The molecule has 1 fully saturated rings. The average molecular weight is 202 g/mol. The van der Waals surface area contributed by atoms with Crippen LogP contribution >= 0.6 is 11.8 Å². The van der Waals surface area contributed by atoms with Gasteiger partial charge in [-0.05, 0) is 19.9 Å². The smallest absolute Gasteiger partial charge is 0.223 e. The highest BCUT2D eigenvalue weighted by atomic mass is 32.2. The summed E-state index contributed by atoms with van der Waals surface area (Å²) >= 11 is 1.87. The summed E-state index contributed by atoms with van der Waals surface area (Å²) in [7, 11) is 0. The molecule has 0 aromatic rings. The summed E-state index contributed by atoms with van der Waals surface area (Å²) in [5, 5.41) is 0. The number of carbonyl (C=O) groups excluding carboxylic acids is 1. The number of hydrogen-bond donors (Lipinski definition) is 1. The lowest BCUT2D eigenvalue weighted by Crippen LogP contribution is -2.39. The van der Waals surface area contributed by atoms with E-state index in [-0.39, 0.29) is 0 Å². The van der Waals surface area contributed by atoms with Gasteiger partial charge in [0.2, 0.25) is 5.91 Å². The normalized spacial score (nSPS) is 24.6. The SMILES string of the molecule is CC1CSCCC(=O)N1CCCN. The highest BCUT2D eigenvalue weighted by Gasteiger charge is 2.22. The van der Waals surface area contributed by atoms with E-state index in [1.807, 2.05) is 16.7 Å². The fourth-order valence-corrected chi connectivity index (χ4v) is 2.51. The zero-order valence-electron chi connectivity index (χ0n) is 8.16. The molecule has 1 atom stereocenters. The maximum Gasteiger partial charge on any atom is 0.223 e. The minimum atomic E-state index is 0.297. The summed E-state index contributed by atoms with van der Waals surface area (Å²) in [4.78, 5) is 13.6. The Morgan fingerprint density at radius 3 is 3.15 bits per heavy atom. The molecular weight excluding hydrogens is 184 g/mol. The predicted octanol–water partition coefficient (Wildman–Crippen LogP) is 0.689. The zero-order chi connectivity index (χ0) is 9.68. The molecule has 0 spiro atoms. The van der Waals surface area contributed by atoms with Crippen LogP contribution in [0.1, 0.15) is 19.8 Å². The third-order valence-electron chi connectivity index (χ3n) is 2.27. The number of carbonyl (C=O) groups is 1. The molecule has 1 aliphatic rings. The quantitative estimate of drug-likeness (QED) is 0.732. The van der Waals surface area contributed by atoms with Gasteiger partial charge in [0.05, 0.1) is 0 Å². The molecule has 1 aliphatic heterocycles. The van der Waals surface area contributed by atoms with Crippen molar-refractivity contribution in [2.75, 3.05) is 24.6 Å². The fourth-order valence-electron chi connectivity index (χ4n) is 1.50. The van der Waals surface area contributed by atoms with Crippen LogP contribution in [0.5, 0.6) is 0 Å². The van der Waals surface area contributed by atoms with E-state index in [1.165, 1.54) is 0 Å². The first-order chi connectivity index (χ1) is 6.25. The van der Waals surface area contributed by atoms with Crippen LogP contribution < -0.4 is 5.73 Å². The van der Waals surface area contributed by atoms with E-state index in [9.17, 15) is 4.79 Å². The molecule has 3 nitrogen and oxygen atoms in total. The molecule has 1 rings (SSSR count). The van der Waals surface area contributed by atoms with Gasteiger partial charge in [-0.1, -0.05) is 0 Å². The zero-order valence-corrected chi connectivity index (χ0v) is 8.98. The second-order valence-corrected chi connectivity index (χ2v) is 4.55. The lowest BCUT2D eigenvalue weighted by molar-refractivity contribution is -0.132. The monoisotopic (exact) mass is 202 g/mol. The van der Waals surface area contributed by atoms with E-state index < -0.39 is 0 Å². The van der Waals surface area contributed by atoms with Gasteiger partial charge >= 0.3 is 0 Å². The van der Waals surface area contributed by atoms with Crippen molar-refractivity contribution in [3.8, 4) is 0 Å². The van der Waals surface area contributed by atoms with Gasteiger partial charge in [0.25, 0.3) is 0 Å². The summed E-state index contributed by atoms with van der Waals surface area (Å²) in [6, 6.07) is 0.381. The van der Waals surface area contributed by atoms with Crippen LogP contribution in [0.2, 0.25) is 0 Å². The van der Waals surface area contributed by atoms with Crippen LogP contribution in [0.4, 0.5) is 0 Å². The number of thioether (sulfide) groups is 1. The Labute approximate surface area is 84.0 Å². The third-order valence-corrected chi connectivity index (χ3v) is 3.49. The highest BCUT2D eigenvalue weighted by molar-refractivity contribution is 7.99. The van der Waals surface area contributed by atoms with Crippen molar-refractivity contribution in [1.29, 1.82) is 0 Å². The Hall–Kier alpha value is -0.220. The van der Waals surface area contributed by atoms with Crippen molar-refractivity contribution in [3.05, 3.63) is 0 Å². The molecule has 1 unspecified atom stereocenters. The van der Waals surface area contributed by atoms with Crippen molar-refractivity contribution < 1.29 is 4.79 Å². The van der Waals surface area contributed by atoms with Crippen molar-refractivity contribution in [2.24, 2.45) is 5.73 Å². The number of hydrogen-bond acceptors (Lipinski definition) is 3. The van der Waals surface area contributed by atoms with Crippen LogP contribution in [0, 0.1) is 0 Å². The summed E-state index contributed by atoms with van der Waals surface area (Å²) in [5.41, 5.74) is 5.43. The van der Waals surface area contributed by atoms with Gasteiger partial charge in [-0.15, -0.1) is 0 Å². The van der Waals surface area contributed by atoms with Crippen molar-refractivity contribution >= 4 is 17.7 Å². The van der Waals surface area contributed by atoms with Crippen molar-refractivity contribution in [2.45, 2.75) is 25.8 Å². The van der Waals surface area contributed by atoms with Crippen molar-refractivity contribution in [1.82, 2.24) is 4.90 Å². The summed E-state index contributed by atoms with van der Waals surface area (Å²) in [5.74, 6) is 2.34. The van der Waals surface area contributed by atoms with E-state index in [2.05, 4.69) is 6.92 Å². The molecule has 0 saturated carbocycles. The van der Waals surface area contributed by atoms with E-state index in [0.717, 1.165) is 24.5 Å². The molecule has 0 aromatic heterocycles. The standard InChI is InChI=1S/C9H18N2OS/c1-8-7-13-6-3-9(12)11(8)5-2-4-10/h8H,2-7,10H2,1H3. The number of rotatable bonds is 3. The van der Waals surface area contributed by atoms with E-state index >= 15 is 0 Å². The van der Waals surface area contributed by atoms with E-state index in [4.69, 9.17) is 5.73 Å². The first kappa shape index (κ1) is 10.9. The van der Waals surface area contributed by atoms with Crippen LogP contribution in [0.3, 0.4) is 0 Å². The van der Waals surface area contributed by atoms with Gasteiger partial charge in [-0.3, -0.25) is 4.79 Å². The van der Waals surface area contributed by atoms with Gasteiger partial charge in [-0.25, -0.2) is 0 Å². The number of nitrogens with two attached hydrogens (primary N) is 1. The Morgan fingerprint density at radius 1 is 1.69 bits per heavy atom. The van der Waals surface area contributed by atoms with Gasteiger partial charge < -0.3 is 10.6 Å². The highest BCUT2D eigenvalue weighted by Crippen LogP contribution is 2.16. The first-order valence-electron chi connectivity index (χ1n) is 4.83. The van der Waals surface area contributed by atoms with Crippen LogP contribution in [-0.4, -0.2) is 41.4 Å². The topological polar surface area (TPSA) is 46.3 Å². The maximum atomic E-state index is 11.6. The lowest BCUT2D eigenvalue weighted by atomic mass is 10.2. The Kier molecular flexibility index (Phi) is 4.59. The molecule has 1 saturated heterocycles. The van der Waals surface area contributed by atoms with Crippen LogP contribution in [0.15, 0.2) is 0 Å². The maximum absolute atomic E-state index is 11.6. The molecule has 0 radical (unpaired) electrons. The molecule has 4 heteroatoms. The molecule has 0 bridgehead atoms. The Balaban J connectivity index is 2.48. The van der Waals surface area contributed by atoms with Crippen LogP contribution in [-0.2, 0) is 4.79 Å². The average Bonchev–Trinajstić information content (AvgIpc) is 2.26.